The number of allylic oxidation sites excluding steroid dienone is 1. The standard InChI is InChI=1S/C19H18N2O3/c20-18(23)9-11-19(10-4-12-21-19)17(22)13-24-16-8-3-6-14-5-1-2-7-15(14)16/h1-8,10,12H,9,11,13H2,(H2,20,23). The van der Waals surface area contributed by atoms with Crippen LogP contribution in [0.4, 0.5) is 0 Å². The molecular weight excluding hydrogens is 304 g/mol. The van der Waals surface area contributed by atoms with Crippen molar-refractivity contribution < 1.29 is 14.3 Å². The number of carbonyl (C=O) groups is 2. The molecule has 0 bridgehead atoms. The summed E-state index contributed by atoms with van der Waals surface area (Å²) in [6.07, 6.45) is 5.33. The van der Waals surface area contributed by atoms with Crippen molar-refractivity contribution in [2.24, 2.45) is 10.7 Å². The lowest BCUT2D eigenvalue weighted by Crippen LogP contribution is -2.38. The van der Waals surface area contributed by atoms with Crippen molar-refractivity contribution in [3.05, 3.63) is 54.6 Å². The third-order valence-corrected chi connectivity index (χ3v) is 4.11. The minimum atomic E-state index is -1.04. The molecule has 1 heterocycles. The van der Waals surface area contributed by atoms with E-state index in [1.807, 2.05) is 42.5 Å². The molecule has 1 amide bonds. The molecule has 2 aromatic rings. The largest absolute Gasteiger partial charge is 0.485 e. The Labute approximate surface area is 139 Å². The van der Waals surface area contributed by atoms with E-state index in [1.165, 1.54) is 0 Å². The van der Waals surface area contributed by atoms with Crippen molar-refractivity contribution in [2.45, 2.75) is 18.4 Å². The van der Waals surface area contributed by atoms with Crippen LogP contribution in [0.1, 0.15) is 12.8 Å². The number of carbonyl (C=O) groups excluding carboxylic acids is 2. The van der Waals surface area contributed by atoms with Crippen molar-refractivity contribution in [3.63, 3.8) is 0 Å². The first-order chi connectivity index (χ1) is 11.6. The summed E-state index contributed by atoms with van der Waals surface area (Å²) in [5.41, 5.74) is 4.16. The number of primary amides is 1. The van der Waals surface area contributed by atoms with Gasteiger partial charge in [-0.1, -0.05) is 36.4 Å². The van der Waals surface area contributed by atoms with Crippen LogP contribution in [0.3, 0.4) is 0 Å². The molecule has 0 aliphatic carbocycles. The summed E-state index contributed by atoms with van der Waals surface area (Å²) in [6.45, 7) is -0.117. The predicted molar refractivity (Wildman–Crippen MR) is 93.2 cm³/mol. The molecule has 2 N–H and O–H groups in total. The molecule has 0 radical (unpaired) electrons. The minimum Gasteiger partial charge on any atom is -0.485 e. The topological polar surface area (TPSA) is 81.8 Å². The highest BCUT2D eigenvalue weighted by molar-refractivity contribution is 5.97. The van der Waals surface area contributed by atoms with E-state index in [1.54, 1.807) is 18.4 Å². The van der Waals surface area contributed by atoms with Crippen molar-refractivity contribution >= 4 is 28.7 Å². The van der Waals surface area contributed by atoms with E-state index in [-0.39, 0.29) is 25.2 Å². The summed E-state index contributed by atoms with van der Waals surface area (Å²) >= 11 is 0. The molecular formula is C19H18N2O3. The smallest absolute Gasteiger partial charge is 0.217 e. The summed E-state index contributed by atoms with van der Waals surface area (Å²) in [7, 11) is 0. The van der Waals surface area contributed by atoms with Gasteiger partial charge in [0.25, 0.3) is 0 Å². The maximum Gasteiger partial charge on any atom is 0.217 e. The molecule has 5 heteroatoms. The number of benzene rings is 2. The molecule has 1 atom stereocenters. The average Bonchev–Trinajstić information content (AvgIpc) is 3.08. The van der Waals surface area contributed by atoms with E-state index in [0.717, 1.165) is 10.8 Å². The van der Waals surface area contributed by atoms with Crippen molar-refractivity contribution in [3.8, 4) is 5.75 Å². The monoisotopic (exact) mass is 322 g/mol. The number of rotatable bonds is 7. The van der Waals surface area contributed by atoms with Crippen LogP contribution in [0.15, 0.2) is 59.6 Å². The van der Waals surface area contributed by atoms with Gasteiger partial charge in [-0.3, -0.25) is 14.6 Å². The second-order valence-corrected chi connectivity index (χ2v) is 5.72. The van der Waals surface area contributed by atoms with E-state index >= 15 is 0 Å². The summed E-state index contributed by atoms with van der Waals surface area (Å²) in [6, 6.07) is 13.5. The number of nitrogens with zero attached hydrogens (tertiary/aromatic N) is 1. The first-order valence-electron chi connectivity index (χ1n) is 7.76. The van der Waals surface area contributed by atoms with Gasteiger partial charge in [0.15, 0.2) is 0 Å². The van der Waals surface area contributed by atoms with E-state index in [9.17, 15) is 9.59 Å². The fourth-order valence-corrected chi connectivity index (χ4v) is 2.78. The molecule has 0 saturated heterocycles. The zero-order valence-corrected chi connectivity index (χ0v) is 13.1. The van der Waals surface area contributed by atoms with Gasteiger partial charge in [0, 0.05) is 18.0 Å². The first-order valence-corrected chi connectivity index (χ1v) is 7.76. The van der Waals surface area contributed by atoms with Crippen molar-refractivity contribution in [1.29, 1.82) is 0 Å². The van der Waals surface area contributed by atoms with Gasteiger partial charge in [-0.2, -0.15) is 0 Å². The number of aliphatic imine (C=N–C) groups is 1. The van der Waals surface area contributed by atoms with Gasteiger partial charge in [-0.25, -0.2) is 0 Å². The minimum absolute atomic E-state index is 0.0989. The van der Waals surface area contributed by atoms with Crippen LogP contribution >= 0.6 is 0 Å². The molecule has 0 aromatic heterocycles. The number of ether oxygens (including phenoxy) is 1. The Hall–Kier alpha value is -2.95. The number of fused-ring (bicyclic) bond motifs is 1. The number of ketones is 1. The Bertz CT molecular complexity index is 822. The van der Waals surface area contributed by atoms with Crippen LogP contribution in [0, 0.1) is 0 Å². The van der Waals surface area contributed by atoms with Crippen LogP contribution in [-0.2, 0) is 9.59 Å². The fraction of sp³-hybridized carbons (Fsp3) is 0.211. The third-order valence-electron chi connectivity index (χ3n) is 4.11. The second kappa shape index (κ2) is 6.66. The summed E-state index contributed by atoms with van der Waals surface area (Å²) in [5, 5.41) is 1.99. The average molecular weight is 322 g/mol. The molecule has 24 heavy (non-hydrogen) atoms. The van der Waals surface area contributed by atoms with E-state index < -0.39 is 11.4 Å². The Balaban J connectivity index is 1.75. The zero-order valence-electron chi connectivity index (χ0n) is 13.1. The molecule has 1 unspecified atom stereocenters. The van der Waals surface area contributed by atoms with E-state index in [4.69, 9.17) is 10.5 Å². The number of amides is 1. The fourth-order valence-electron chi connectivity index (χ4n) is 2.78. The predicted octanol–water partition coefficient (Wildman–Crippen LogP) is 2.43. The van der Waals surface area contributed by atoms with Crippen molar-refractivity contribution in [2.75, 3.05) is 6.61 Å². The summed E-state index contributed by atoms with van der Waals surface area (Å²) < 4.78 is 5.75. The SMILES string of the molecule is NC(=O)CCC1(C(=O)COc2cccc3ccccc23)C=CC=N1. The number of hydrogen-bond acceptors (Lipinski definition) is 4. The lowest BCUT2D eigenvalue weighted by Gasteiger charge is -2.22. The summed E-state index contributed by atoms with van der Waals surface area (Å²) in [4.78, 5) is 27.9. The Morgan fingerprint density at radius 1 is 1.12 bits per heavy atom. The maximum atomic E-state index is 12.6. The molecule has 2 aromatic carbocycles. The Morgan fingerprint density at radius 3 is 2.67 bits per heavy atom. The molecule has 122 valence electrons. The van der Waals surface area contributed by atoms with Crippen LogP contribution < -0.4 is 10.5 Å². The zero-order chi connectivity index (χ0) is 17.0. The molecule has 1 aliphatic heterocycles. The molecule has 0 fully saturated rings. The van der Waals surface area contributed by atoms with Gasteiger partial charge in [0.05, 0.1) is 0 Å². The van der Waals surface area contributed by atoms with E-state index in [0.29, 0.717) is 5.75 Å². The molecule has 0 spiro atoms. The molecule has 5 nitrogen and oxygen atoms in total. The van der Waals surface area contributed by atoms with Gasteiger partial charge < -0.3 is 10.5 Å². The highest BCUT2D eigenvalue weighted by Crippen LogP contribution is 2.28. The van der Waals surface area contributed by atoms with Gasteiger partial charge in [-0.05, 0) is 30.0 Å². The molecule has 0 saturated carbocycles. The van der Waals surface area contributed by atoms with Crippen LogP contribution in [0.2, 0.25) is 0 Å². The number of Topliss-reactive ketones (excluding diaryl/α,β-unsaturated/α-hetero) is 1. The van der Waals surface area contributed by atoms with Gasteiger partial charge in [-0.15, -0.1) is 0 Å². The lowest BCUT2D eigenvalue weighted by molar-refractivity contribution is -0.125. The van der Waals surface area contributed by atoms with Gasteiger partial charge in [0.2, 0.25) is 11.7 Å². The van der Waals surface area contributed by atoms with Crippen LogP contribution in [0.5, 0.6) is 5.75 Å². The normalized spacial score (nSPS) is 18.8. The highest BCUT2D eigenvalue weighted by atomic mass is 16.5. The third kappa shape index (κ3) is 3.20. The van der Waals surface area contributed by atoms with Gasteiger partial charge >= 0.3 is 0 Å². The van der Waals surface area contributed by atoms with Gasteiger partial charge in [0.1, 0.15) is 17.9 Å². The van der Waals surface area contributed by atoms with Crippen LogP contribution in [0.25, 0.3) is 10.8 Å². The molecule has 1 aliphatic rings. The Morgan fingerprint density at radius 2 is 1.92 bits per heavy atom. The lowest BCUT2D eigenvalue weighted by atomic mass is 9.90. The quantitative estimate of drug-likeness (QED) is 0.850. The van der Waals surface area contributed by atoms with Crippen molar-refractivity contribution in [1.82, 2.24) is 0 Å². The maximum absolute atomic E-state index is 12.6. The second-order valence-electron chi connectivity index (χ2n) is 5.72. The molecule has 3 rings (SSSR count). The summed E-state index contributed by atoms with van der Waals surface area (Å²) in [5.74, 6) is 0.00629. The van der Waals surface area contributed by atoms with Crippen LogP contribution in [-0.4, -0.2) is 30.1 Å². The Kier molecular flexibility index (Phi) is 4.42. The number of hydrogen-bond donors (Lipinski definition) is 1. The first kappa shape index (κ1) is 15.9. The number of nitrogens with two attached hydrogens (primary N) is 1. The van der Waals surface area contributed by atoms with E-state index in [2.05, 4.69) is 4.99 Å². The highest BCUT2D eigenvalue weighted by Gasteiger charge is 2.36.